The van der Waals surface area contributed by atoms with Crippen molar-refractivity contribution in [3.8, 4) is 17.2 Å². The Balaban J connectivity index is 2.35. The number of benzene rings is 1. The molecule has 0 aliphatic heterocycles. The first kappa shape index (κ1) is 12.6. The molecule has 1 heterocycles. The molecule has 0 fully saturated rings. The van der Waals surface area contributed by atoms with Gasteiger partial charge < -0.3 is 15.0 Å². The van der Waals surface area contributed by atoms with Crippen molar-refractivity contribution in [1.82, 2.24) is 10.1 Å². The number of aromatic nitrogens is 2. The number of para-hydroxylation sites is 1. The summed E-state index contributed by atoms with van der Waals surface area (Å²) in [5.74, 6) is 1.91. The van der Waals surface area contributed by atoms with Crippen molar-refractivity contribution in [3.63, 3.8) is 0 Å². The van der Waals surface area contributed by atoms with Gasteiger partial charge >= 0.3 is 0 Å². The lowest BCUT2D eigenvalue weighted by atomic mass is 10.1. The van der Waals surface area contributed by atoms with Gasteiger partial charge in [-0.05, 0) is 18.1 Å². The van der Waals surface area contributed by atoms with Gasteiger partial charge in [-0.1, -0.05) is 31.1 Å². The minimum atomic E-state index is -0.225. The first-order valence-corrected chi connectivity index (χ1v) is 5.86. The Morgan fingerprint density at radius 1 is 1.28 bits per heavy atom. The zero-order chi connectivity index (χ0) is 13.1. The molecular formula is C13H17N3O2. The zero-order valence-electron chi connectivity index (χ0n) is 10.8. The van der Waals surface area contributed by atoms with Gasteiger partial charge in [0.05, 0.1) is 18.7 Å². The van der Waals surface area contributed by atoms with Gasteiger partial charge in [-0.15, -0.1) is 0 Å². The molecule has 2 rings (SSSR count). The van der Waals surface area contributed by atoms with Gasteiger partial charge in [0.15, 0.2) is 5.82 Å². The molecule has 0 aliphatic carbocycles. The summed E-state index contributed by atoms with van der Waals surface area (Å²) in [7, 11) is 1.61. The van der Waals surface area contributed by atoms with Crippen LogP contribution in [0.1, 0.15) is 25.7 Å². The van der Waals surface area contributed by atoms with Gasteiger partial charge in [0.2, 0.25) is 0 Å². The molecule has 1 aromatic carbocycles. The fourth-order valence-corrected chi connectivity index (χ4v) is 1.60. The van der Waals surface area contributed by atoms with E-state index >= 15 is 0 Å². The van der Waals surface area contributed by atoms with Crippen LogP contribution in [0.5, 0.6) is 5.75 Å². The Morgan fingerprint density at radius 3 is 2.67 bits per heavy atom. The van der Waals surface area contributed by atoms with E-state index in [2.05, 4.69) is 10.1 Å². The van der Waals surface area contributed by atoms with Crippen LogP contribution in [-0.2, 0) is 0 Å². The van der Waals surface area contributed by atoms with Gasteiger partial charge in [-0.25, -0.2) is 0 Å². The number of rotatable bonds is 4. The topological polar surface area (TPSA) is 74.2 Å². The first-order valence-electron chi connectivity index (χ1n) is 5.86. The number of nitrogens with two attached hydrogens (primary N) is 1. The molecule has 0 bridgehead atoms. The van der Waals surface area contributed by atoms with Gasteiger partial charge in [0.1, 0.15) is 5.75 Å². The van der Waals surface area contributed by atoms with E-state index in [1.54, 1.807) is 7.11 Å². The second-order valence-electron chi connectivity index (χ2n) is 4.43. The van der Waals surface area contributed by atoms with E-state index < -0.39 is 0 Å². The maximum Gasteiger partial charge on any atom is 0.261 e. The highest BCUT2D eigenvalue weighted by Gasteiger charge is 2.19. The highest BCUT2D eigenvalue weighted by atomic mass is 16.5. The van der Waals surface area contributed by atoms with Crippen LogP contribution in [0.15, 0.2) is 28.8 Å². The van der Waals surface area contributed by atoms with Crippen LogP contribution in [-0.4, -0.2) is 17.3 Å². The predicted molar refractivity (Wildman–Crippen MR) is 68.1 cm³/mol. The van der Waals surface area contributed by atoms with Crippen LogP contribution in [0, 0.1) is 5.92 Å². The van der Waals surface area contributed by atoms with E-state index in [9.17, 15) is 0 Å². The lowest BCUT2D eigenvalue weighted by Crippen LogP contribution is -2.18. The second kappa shape index (κ2) is 5.18. The zero-order valence-corrected chi connectivity index (χ0v) is 10.8. The normalized spacial score (nSPS) is 12.7. The fraction of sp³-hybridized carbons (Fsp3) is 0.385. The molecule has 0 saturated heterocycles. The van der Waals surface area contributed by atoms with Crippen molar-refractivity contribution in [3.05, 3.63) is 30.1 Å². The summed E-state index contributed by atoms with van der Waals surface area (Å²) in [6, 6.07) is 7.28. The number of methoxy groups -OCH3 is 1. The first-order chi connectivity index (χ1) is 8.63. The molecule has 0 saturated carbocycles. The average molecular weight is 247 g/mol. The molecule has 2 aromatic rings. The Bertz CT molecular complexity index is 522. The van der Waals surface area contributed by atoms with E-state index in [1.807, 2.05) is 38.1 Å². The van der Waals surface area contributed by atoms with Crippen LogP contribution >= 0.6 is 0 Å². The number of hydrogen-bond donors (Lipinski definition) is 1. The number of hydrogen-bond acceptors (Lipinski definition) is 5. The molecule has 0 amide bonds. The third kappa shape index (κ3) is 2.36. The van der Waals surface area contributed by atoms with E-state index in [4.69, 9.17) is 15.0 Å². The lowest BCUT2D eigenvalue weighted by molar-refractivity contribution is 0.392. The van der Waals surface area contributed by atoms with Crippen molar-refractivity contribution in [2.24, 2.45) is 11.7 Å². The molecule has 18 heavy (non-hydrogen) atoms. The van der Waals surface area contributed by atoms with Crippen LogP contribution < -0.4 is 10.5 Å². The van der Waals surface area contributed by atoms with E-state index in [1.165, 1.54) is 0 Å². The Morgan fingerprint density at radius 2 is 2.00 bits per heavy atom. The molecule has 5 heteroatoms. The van der Waals surface area contributed by atoms with Crippen LogP contribution in [0.25, 0.3) is 11.5 Å². The Kier molecular flexibility index (Phi) is 3.62. The minimum absolute atomic E-state index is 0.225. The summed E-state index contributed by atoms with van der Waals surface area (Å²) in [6.45, 7) is 4.04. The maximum atomic E-state index is 5.98. The Hall–Kier alpha value is -1.88. The molecule has 1 atom stereocenters. The van der Waals surface area contributed by atoms with Crippen LogP contribution in [0.4, 0.5) is 0 Å². The molecule has 0 spiro atoms. The molecule has 1 aromatic heterocycles. The third-order valence-electron chi connectivity index (χ3n) is 2.80. The largest absolute Gasteiger partial charge is 0.496 e. The number of ether oxygens (including phenoxy) is 1. The van der Waals surface area contributed by atoms with Gasteiger partial charge in [-0.2, -0.15) is 4.98 Å². The molecular weight excluding hydrogens is 230 g/mol. The lowest BCUT2D eigenvalue weighted by Gasteiger charge is -2.09. The summed E-state index contributed by atoms with van der Waals surface area (Å²) in [5.41, 5.74) is 6.76. The van der Waals surface area contributed by atoms with Crippen LogP contribution in [0.2, 0.25) is 0 Å². The number of nitrogens with zero attached hydrogens (tertiary/aromatic N) is 2. The molecule has 0 aliphatic rings. The van der Waals surface area contributed by atoms with Crippen LogP contribution in [0.3, 0.4) is 0 Å². The molecule has 2 N–H and O–H groups in total. The Labute approximate surface area is 106 Å². The average Bonchev–Trinajstić information content (AvgIpc) is 2.87. The molecule has 0 radical (unpaired) electrons. The third-order valence-corrected chi connectivity index (χ3v) is 2.80. The molecule has 96 valence electrons. The van der Waals surface area contributed by atoms with Crippen molar-refractivity contribution >= 4 is 0 Å². The summed E-state index contributed by atoms with van der Waals surface area (Å²) in [5, 5.41) is 3.92. The van der Waals surface area contributed by atoms with Gasteiger partial charge in [0, 0.05) is 0 Å². The maximum absolute atomic E-state index is 5.98. The van der Waals surface area contributed by atoms with E-state index in [-0.39, 0.29) is 12.0 Å². The standard InChI is InChI=1S/C13H17N3O2/c1-8(2)11(14)12-15-13(18-16-12)9-6-4-5-7-10(9)17-3/h4-8,11H,14H2,1-3H3. The smallest absolute Gasteiger partial charge is 0.261 e. The van der Waals surface area contributed by atoms with Crippen molar-refractivity contribution < 1.29 is 9.26 Å². The predicted octanol–water partition coefficient (Wildman–Crippen LogP) is 2.40. The van der Waals surface area contributed by atoms with Gasteiger partial charge in [0.25, 0.3) is 5.89 Å². The summed E-state index contributed by atoms with van der Waals surface area (Å²) in [4.78, 5) is 4.33. The van der Waals surface area contributed by atoms with E-state index in [0.717, 1.165) is 5.56 Å². The van der Waals surface area contributed by atoms with Crippen molar-refractivity contribution in [1.29, 1.82) is 0 Å². The SMILES string of the molecule is COc1ccccc1-c1nc(C(N)C(C)C)no1. The summed E-state index contributed by atoms with van der Waals surface area (Å²) < 4.78 is 10.5. The second-order valence-corrected chi connectivity index (χ2v) is 4.43. The fourth-order valence-electron chi connectivity index (χ4n) is 1.60. The summed E-state index contributed by atoms with van der Waals surface area (Å²) in [6.07, 6.45) is 0. The molecule has 1 unspecified atom stereocenters. The van der Waals surface area contributed by atoms with Crippen molar-refractivity contribution in [2.75, 3.05) is 7.11 Å². The van der Waals surface area contributed by atoms with Crippen molar-refractivity contribution in [2.45, 2.75) is 19.9 Å². The van der Waals surface area contributed by atoms with Gasteiger partial charge in [-0.3, -0.25) is 0 Å². The summed E-state index contributed by atoms with van der Waals surface area (Å²) >= 11 is 0. The molecule has 5 nitrogen and oxygen atoms in total. The quantitative estimate of drug-likeness (QED) is 0.898. The van der Waals surface area contributed by atoms with E-state index in [0.29, 0.717) is 17.5 Å². The monoisotopic (exact) mass is 247 g/mol. The minimum Gasteiger partial charge on any atom is -0.496 e. The highest BCUT2D eigenvalue weighted by Crippen LogP contribution is 2.29. The highest BCUT2D eigenvalue weighted by molar-refractivity contribution is 5.62.